The fourth-order valence-corrected chi connectivity index (χ4v) is 1.84. The van der Waals surface area contributed by atoms with Gasteiger partial charge >= 0.3 is 0 Å². The molecule has 4 N–H and O–H groups in total. The van der Waals surface area contributed by atoms with Crippen molar-refractivity contribution in [3.63, 3.8) is 0 Å². The van der Waals surface area contributed by atoms with Gasteiger partial charge in [-0.2, -0.15) is 0 Å². The number of rotatable bonds is 7. The second kappa shape index (κ2) is 7.93. The van der Waals surface area contributed by atoms with Crippen LogP contribution in [0.25, 0.3) is 0 Å². The number of nitrogens with one attached hydrogen (secondary N) is 1. The summed E-state index contributed by atoms with van der Waals surface area (Å²) in [4.78, 5) is 17.7. The van der Waals surface area contributed by atoms with Crippen LogP contribution in [0.15, 0.2) is 12.3 Å². The Kier molecular flexibility index (Phi) is 6.55. The lowest BCUT2D eigenvalue weighted by Crippen LogP contribution is -2.28. The van der Waals surface area contributed by atoms with Crippen molar-refractivity contribution in [2.24, 2.45) is 5.84 Å². The Morgan fingerprint density at radius 3 is 2.84 bits per heavy atom. The quantitative estimate of drug-likeness (QED) is 0.399. The first-order valence-corrected chi connectivity index (χ1v) is 6.46. The zero-order valence-electron chi connectivity index (χ0n) is 10.9. The standard InChI is InChI=1S/C12H19ClN4O2/c1-17(5-3-2-4-6-18)12(19)9-7-10(13)11(16-14)15-8-9/h7-8,18H,2-6,14H2,1H3,(H,15,16). The van der Waals surface area contributed by atoms with E-state index in [1.165, 1.54) is 12.3 Å². The number of pyridine rings is 1. The third kappa shape index (κ3) is 4.66. The predicted molar refractivity (Wildman–Crippen MR) is 75.0 cm³/mol. The molecule has 6 nitrogen and oxygen atoms in total. The van der Waals surface area contributed by atoms with E-state index >= 15 is 0 Å². The number of amides is 1. The molecule has 106 valence electrons. The van der Waals surface area contributed by atoms with Crippen LogP contribution in [0.2, 0.25) is 5.02 Å². The zero-order valence-corrected chi connectivity index (χ0v) is 11.7. The molecule has 0 saturated heterocycles. The lowest BCUT2D eigenvalue weighted by Gasteiger charge is -2.17. The first-order chi connectivity index (χ1) is 9.10. The smallest absolute Gasteiger partial charge is 0.255 e. The minimum atomic E-state index is -0.137. The average molecular weight is 287 g/mol. The van der Waals surface area contributed by atoms with Crippen molar-refractivity contribution in [2.45, 2.75) is 19.3 Å². The molecule has 1 heterocycles. The second-order valence-electron chi connectivity index (χ2n) is 4.21. The molecule has 0 atom stereocenters. The van der Waals surface area contributed by atoms with Crippen molar-refractivity contribution < 1.29 is 9.90 Å². The van der Waals surface area contributed by atoms with E-state index in [4.69, 9.17) is 22.6 Å². The predicted octanol–water partition coefficient (Wildman–Crippen LogP) is 1.26. The Balaban J connectivity index is 2.59. The highest BCUT2D eigenvalue weighted by atomic mass is 35.5. The number of aliphatic hydroxyl groups is 1. The summed E-state index contributed by atoms with van der Waals surface area (Å²) in [6.07, 6.45) is 3.94. The molecule has 19 heavy (non-hydrogen) atoms. The van der Waals surface area contributed by atoms with Gasteiger partial charge in [0.1, 0.15) is 0 Å². The van der Waals surface area contributed by atoms with Crippen molar-refractivity contribution >= 4 is 23.3 Å². The minimum absolute atomic E-state index is 0.137. The van der Waals surface area contributed by atoms with Gasteiger partial charge in [0, 0.05) is 26.4 Å². The van der Waals surface area contributed by atoms with Crippen LogP contribution in [0.5, 0.6) is 0 Å². The Bertz CT molecular complexity index is 428. The fraction of sp³-hybridized carbons (Fsp3) is 0.500. The molecule has 1 amide bonds. The summed E-state index contributed by atoms with van der Waals surface area (Å²) in [6.45, 7) is 0.818. The number of hydrazine groups is 1. The number of nitrogens with zero attached hydrogens (tertiary/aromatic N) is 2. The first-order valence-electron chi connectivity index (χ1n) is 6.08. The number of hydrogen-bond acceptors (Lipinski definition) is 5. The lowest BCUT2D eigenvalue weighted by atomic mass is 10.2. The van der Waals surface area contributed by atoms with E-state index < -0.39 is 0 Å². The van der Waals surface area contributed by atoms with Gasteiger partial charge in [0.05, 0.1) is 10.6 Å². The van der Waals surface area contributed by atoms with Gasteiger partial charge in [-0.1, -0.05) is 11.6 Å². The maximum Gasteiger partial charge on any atom is 0.255 e. The summed E-state index contributed by atoms with van der Waals surface area (Å²) in [6, 6.07) is 1.54. The van der Waals surface area contributed by atoms with Crippen molar-refractivity contribution in [1.82, 2.24) is 9.88 Å². The van der Waals surface area contributed by atoms with Crippen molar-refractivity contribution in [1.29, 1.82) is 0 Å². The van der Waals surface area contributed by atoms with Gasteiger partial charge in [-0.3, -0.25) is 4.79 Å². The molecule has 1 aromatic rings. The van der Waals surface area contributed by atoms with E-state index in [-0.39, 0.29) is 12.5 Å². The largest absolute Gasteiger partial charge is 0.396 e. The molecule has 0 radical (unpaired) electrons. The SMILES string of the molecule is CN(CCCCCO)C(=O)c1cnc(NN)c(Cl)c1. The number of halogens is 1. The molecular weight excluding hydrogens is 268 g/mol. The molecule has 0 saturated carbocycles. The third-order valence-corrected chi connectivity index (χ3v) is 3.01. The van der Waals surface area contributed by atoms with Crippen LogP contribution < -0.4 is 11.3 Å². The van der Waals surface area contributed by atoms with E-state index in [0.717, 1.165) is 19.3 Å². The fourth-order valence-electron chi connectivity index (χ4n) is 1.62. The summed E-state index contributed by atoms with van der Waals surface area (Å²) in [5, 5.41) is 8.99. The highest BCUT2D eigenvalue weighted by Gasteiger charge is 2.13. The van der Waals surface area contributed by atoms with Crippen molar-refractivity contribution in [2.75, 3.05) is 25.6 Å². The highest BCUT2D eigenvalue weighted by molar-refractivity contribution is 6.33. The summed E-state index contributed by atoms with van der Waals surface area (Å²) in [5.74, 6) is 5.42. The summed E-state index contributed by atoms with van der Waals surface area (Å²) < 4.78 is 0. The average Bonchev–Trinajstić information content (AvgIpc) is 2.42. The number of aliphatic hydroxyl groups excluding tert-OH is 1. The number of unbranched alkanes of at least 4 members (excludes halogenated alkanes) is 2. The number of hydrogen-bond donors (Lipinski definition) is 3. The van der Waals surface area contributed by atoms with Crippen molar-refractivity contribution in [3.8, 4) is 0 Å². The Hall–Kier alpha value is -1.37. The summed E-state index contributed by atoms with van der Waals surface area (Å²) in [5.41, 5.74) is 2.77. The summed E-state index contributed by atoms with van der Waals surface area (Å²) >= 11 is 5.92. The first kappa shape index (κ1) is 15.7. The molecular formula is C12H19ClN4O2. The number of anilines is 1. The number of nitrogen functional groups attached to an aromatic ring is 1. The second-order valence-corrected chi connectivity index (χ2v) is 4.62. The highest BCUT2D eigenvalue weighted by Crippen LogP contribution is 2.19. The molecule has 7 heteroatoms. The van der Waals surface area contributed by atoms with E-state index in [1.54, 1.807) is 11.9 Å². The minimum Gasteiger partial charge on any atom is -0.396 e. The van der Waals surface area contributed by atoms with E-state index in [1.807, 2.05) is 0 Å². The maximum atomic E-state index is 12.1. The number of nitrogens with two attached hydrogens (primary N) is 1. The van der Waals surface area contributed by atoms with Crippen LogP contribution in [-0.4, -0.2) is 41.1 Å². The van der Waals surface area contributed by atoms with Crippen LogP contribution in [0.1, 0.15) is 29.6 Å². The number of carbonyl (C=O) groups is 1. The van der Waals surface area contributed by atoms with Gasteiger partial charge < -0.3 is 15.4 Å². The Morgan fingerprint density at radius 2 is 2.26 bits per heavy atom. The zero-order chi connectivity index (χ0) is 14.3. The van der Waals surface area contributed by atoms with E-state index in [2.05, 4.69) is 10.4 Å². The van der Waals surface area contributed by atoms with Gasteiger partial charge in [-0.15, -0.1) is 0 Å². The molecule has 0 aliphatic rings. The molecule has 0 aliphatic carbocycles. The van der Waals surface area contributed by atoms with Gasteiger partial charge in [-0.25, -0.2) is 10.8 Å². The van der Waals surface area contributed by atoms with Gasteiger partial charge in [0.15, 0.2) is 5.82 Å². The van der Waals surface area contributed by atoms with Gasteiger partial charge in [0.25, 0.3) is 5.91 Å². The van der Waals surface area contributed by atoms with Gasteiger partial charge in [-0.05, 0) is 25.3 Å². The Morgan fingerprint density at radius 1 is 1.53 bits per heavy atom. The molecule has 0 unspecified atom stereocenters. The molecule has 0 spiro atoms. The van der Waals surface area contributed by atoms with E-state index in [0.29, 0.717) is 22.9 Å². The van der Waals surface area contributed by atoms with Crippen LogP contribution in [0.4, 0.5) is 5.82 Å². The molecule has 0 aromatic carbocycles. The lowest BCUT2D eigenvalue weighted by molar-refractivity contribution is 0.0792. The van der Waals surface area contributed by atoms with Crippen LogP contribution >= 0.6 is 11.6 Å². The summed E-state index contributed by atoms with van der Waals surface area (Å²) in [7, 11) is 1.73. The monoisotopic (exact) mass is 286 g/mol. The molecule has 0 aliphatic heterocycles. The van der Waals surface area contributed by atoms with Crippen LogP contribution in [-0.2, 0) is 0 Å². The van der Waals surface area contributed by atoms with Crippen molar-refractivity contribution in [3.05, 3.63) is 22.8 Å². The topological polar surface area (TPSA) is 91.5 Å². The number of aromatic nitrogens is 1. The maximum absolute atomic E-state index is 12.1. The molecule has 1 rings (SSSR count). The Labute approximate surface area is 117 Å². The number of carbonyl (C=O) groups excluding carboxylic acids is 1. The van der Waals surface area contributed by atoms with Gasteiger partial charge in [0.2, 0.25) is 0 Å². The van der Waals surface area contributed by atoms with Crippen LogP contribution in [0, 0.1) is 0 Å². The normalized spacial score (nSPS) is 10.3. The third-order valence-electron chi connectivity index (χ3n) is 2.72. The van der Waals surface area contributed by atoms with E-state index in [9.17, 15) is 4.79 Å². The molecule has 1 aromatic heterocycles. The van der Waals surface area contributed by atoms with Crippen LogP contribution in [0.3, 0.4) is 0 Å². The molecule has 0 bridgehead atoms. The molecule has 0 fully saturated rings.